The number of carbonyl (C=O) groups is 4. The van der Waals surface area contributed by atoms with Gasteiger partial charge < -0.3 is 20.3 Å². The third kappa shape index (κ3) is 13.8. The van der Waals surface area contributed by atoms with Crippen LogP contribution in [-0.2, 0) is 23.9 Å². The molecule has 1 rings (SSSR count). The van der Waals surface area contributed by atoms with E-state index in [2.05, 4.69) is 10.6 Å². The third-order valence-electron chi connectivity index (χ3n) is 8.94. The summed E-state index contributed by atoms with van der Waals surface area (Å²) in [5, 5.41) is 25.8. The fraction of sp³-hybridized carbons (Fsp3) is 0.875. The van der Waals surface area contributed by atoms with Crippen LogP contribution in [0.5, 0.6) is 0 Å². The Hall–Kier alpha value is -1.14. The molecule has 4 N–H and O–H groups in total. The van der Waals surface area contributed by atoms with Crippen molar-refractivity contribution in [2.24, 2.45) is 10.8 Å². The van der Waals surface area contributed by atoms with Gasteiger partial charge in [-0.2, -0.15) is 23.5 Å². The number of nitrogens with one attached hydrogen (secondary N) is 2. The van der Waals surface area contributed by atoms with Crippen LogP contribution in [0.2, 0.25) is 0 Å². The molecule has 0 aliphatic heterocycles. The fourth-order valence-electron chi connectivity index (χ4n) is 4.48. The molecule has 9 nitrogen and oxygen atoms in total. The second-order valence-corrected chi connectivity index (χ2v) is 16.2. The van der Waals surface area contributed by atoms with Crippen molar-refractivity contribution >= 4 is 47.0 Å². The number of carboxylic acids is 2. The van der Waals surface area contributed by atoms with Crippen LogP contribution >= 0.6 is 23.5 Å². The summed E-state index contributed by atoms with van der Waals surface area (Å²) in [6.07, 6.45) is 5.11. The van der Waals surface area contributed by atoms with Crippen molar-refractivity contribution in [1.29, 1.82) is 0 Å². The summed E-state index contributed by atoms with van der Waals surface area (Å²) >= 11 is 3.22. The summed E-state index contributed by atoms with van der Waals surface area (Å²) < 4.78 is 6.22. The second-order valence-electron chi connectivity index (χ2n) is 13.7. The van der Waals surface area contributed by atoms with Crippen LogP contribution in [0.25, 0.3) is 0 Å². The fourth-order valence-corrected chi connectivity index (χ4v) is 7.64. The summed E-state index contributed by atoms with van der Waals surface area (Å²) in [5.74, 6) is -0.875. The van der Waals surface area contributed by atoms with E-state index < -0.39 is 35.0 Å². The second kappa shape index (κ2) is 18.1. The standard InChI is InChI=1S/C32H58N2O7S2/c1-10-30(5,6)26(35)14-15-32(9,11-2)41-17-16-31(7,8)27(36)18-33-22(28(37)38)19-42-24-12-13-25(24)43-20-23(29(39)40)34-21(3)4/h21-25,33-34H,10-20H2,1-9H3,(H,37,38)(H,39,40). The molecular weight excluding hydrogens is 588 g/mol. The Morgan fingerprint density at radius 1 is 0.814 bits per heavy atom. The van der Waals surface area contributed by atoms with Gasteiger partial charge >= 0.3 is 11.9 Å². The van der Waals surface area contributed by atoms with Gasteiger partial charge in [0.2, 0.25) is 0 Å². The van der Waals surface area contributed by atoms with Gasteiger partial charge in [-0.3, -0.25) is 24.5 Å². The SMILES string of the molecule is CCC(C)(CCC(=O)C(C)(C)CC)OCCC(C)(C)C(=O)CNC(CSC1CCC1SCC(NC(C)C)C(=O)O)C(=O)O. The van der Waals surface area contributed by atoms with Crippen molar-refractivity contribution in [3.05, 3.63) is 0 Å². The number of Topliss-reactive ketones (excluding diaryl/α,β-unsaturated/α-hetero) is 2. The molecule has 0 heterocycles. The number of hydrogen-bond donors (Lipinski definition) is 4. The first-order valence-electron chi connectivity index (χ1n) is 15.8. The average Bonchev–Trinajstić information content (AvgIpc) is 2.91. The summed E-state index contributed by atoms with van der Waals surface area (Å²) in [6, 6.07) is -1.38. The van der Waals surface area contributed by atoms with Crippen molar-refractivity contribution < 1.29 is 34.1 Å². The molecule has 0 amide bonds. The number of ketones is 2. The molecule has 0 radical (unpaired) electrons. The van der Waals surface area contributed by atoms with Crippen LogP contribution in [0.3, 0.4) is 0 Å². The lowest BCUT2D eigenvalue weighted by atomic mass is 9.81. The van der Waals surface area contributed by atoms with Gasteiger partial charge in [-0.25, -0.2) is 0 Å². The number of hydrogen-bond acceptors (Lipinski definition) is 9. The summed E-state index contributed by atoms with van der Waals surface area (Å²) in [5.41, 5.74) is -1.48. The average molecular weight is 647 g/mol. The molecule has 0 aromatic heterocycles. The smallest absolute Gasteiger partial charge is 0.321 e. The predicted molar refractivity (Wildman–Crippen MR) is 177 cm³/mol. The lowest BCUT2D eigenvalue weighted by Gasteiger charge is -2.37. The van der Waals surface area contributed by atoms with Gasteiger partial charge in [0.15, 0.2) is 5.78 Å². The maximum atomic E-state index is 13.1. The molecule has 250 valence electrons. The maximum absolute atomic E-state index is 13.1. The quantitative estimate of drug-likeness (QED) is 0.107. The highest BCUT2D eigenvalue weighted by molar-refractivity contribution is 8.04. The Bertz CT molecular complexity index is 927. The molecule has 0 saturated heterocycles. The van der Waals surface area contributed by atoms with Crippen molar-refractivity contribution in [2.45, 2.75) is 141 Å². The molecule has 43 heavy (non-hydrogen) atoms. The van der Waals surface area contributed by atoms with Crippen LogP contribution < -0.4 is 10.6 Å². The van der Waals surface area contributed by atoms with E-state index in [1.165, 1.54) is 0 Å². The molecular formula is C32H58N2O7S2. The Morgan fingerprint density at radius 3 is 1.79 bits per heavy atom. The van der Waals surface area contributed by atoms with E-state index >= 15 is 0 Å². The first-order valence-corrected chi connectivity index (χ1v) is 17.9. The zero-order valence-corrected chi connectivity index (χ0v) is 29.6. The number of aliphatic carboxylic acids is 2. The zero-order valence-electron chi connectivity index (χ0n) is 27.9. The molecule has 0 spiro atoms. The molecule has 0 bridgehead atoms. The lowest BCUT2D eigenvalue weighted by molar-refractivity contribution is -0.140. The van der Waals surface area contributed by atoms with E-state index in [1.54, 1.807) is 23.5 Å². The first kappa shape index (κ1) is 39.9. The molecule has 1 fully saturated rings. The van der Waals surface area contributed by atoms with Gasteiger partial charge in [-0.05, 0) is 45.4 Å². The van der Waals surface area contributed by atoms with Gasteiger partial charge in [0.25, 0.3) is 0 Å². The number of thioether (sulfide) groups is 2. The van der Waals surface area contributed by atoms with Gasteiger partial charge in [-0.15, -0.1) is 0 Å². The Morgan fingerprint density at radius 2 is 1.35 bits per heavy atom. The highest BCUT2D eigenvalue weighted by Gasteiger charge is 2.35. The minimum Gasteiger partial charge on any atom is -0.480 e. The van der Waals surface area contributed by atoms with E-state index in [-0.39, 0.29) is 34.8 Å². The summed E-state index contributed by atoms with van der Waals surface area (Å²) in [4.78, 5) is 49.2. The van der Waals surface area contributed by atoms with Crippen LogP contribution in [0, 0.1) is 10.8 Å². The number of carbonyl (C=O) groups excluding carboxylic acids is 2. The minimum absolute atomic E-state index is 0.0415. The number of carboxylic acid groups (broad SMARTS) is 2. The van der Waals surface area contributed by atoms with E-state index in [1.807, 2.05) is 62.3 Å². The monoisotopic (exact) mass is 646 g/mol. The molecule has 5 unspecified atom stereocenters. The van der Waals surface area contributed by atoms with Crippen LogP contribution in [0.15, 0.2) is 0 Å². The van der Waals surface area contributed by atoms with Gasteiger partial charge in [0.1, 0.15) is 17.9 Å². The van der Waals surface area contributed by atoms with E-state index in [0.717, 1.165) is 25.7 Å². The van der Waals surface area contributed by atoms with Gasteiger partial charge in [-0.1, -0.05) is 55.4 Å². The maximum Gasteiger partial charge on any atom is 0.321 e. The molecule has 0 aromatic carbocycles. The Kier molecular flexibility index (Phi) is 16.8. The van der Waals surface area contributed by atoms with Crippen molar-refractivity contribution in [1.82, 2.24) is 10.6 Å². The van der Waals surface area contributed by atoms with E-state index in [4.69, 9.17) is 4.74 Å². The minimum atomic E-state index is -0.989. The van der Waals surface area contributed by atoms with Crippen molar-refractivity contribution in [3.63, 3.8) is 0 Å². The third-order valence-corrected chi connectivity index (χ3v) is 12.2. The van der Waals surface area contributed by atoms with Crippen molar-refractivity contribution in [3.8, 4) is 0 Å². The van der Waals surface area contributed by atoms with E-state index in [0.29, 0.717) is 42.6 Å². The van der Waals surface area contributed by atoms with E-state index in [9.17, 15) is 29.4 Å². The summed E-state index contributed by atoms with van der Waals surface area (Å²) in [7, 11) is 0. The topological polar surface area (TPSA) is 142 Å². The van der Waals surface area contributed by atoms with Gasteiger partial charge in [0.05, 0.1) is 12.1 Å². The highest BCUT2D eigenvalue weighted by atomic mass is 32.2. The predicted octanol–water partition coefficient (Wildman–Crippen LogP) is 5.43. The normalized spacial score (nSPS) is 20.2. The number of ether oxygens (including phenoxy) is 1. The Labute approximate surface area is 268 Å². The largest absolute Gasteiger partial charge is 0.480 e. The van der Waals surface area contributed by atoms with Crippen molar-refractivity contribution in [2.75, 3.05) is 24.7 Å². The molecule has 11 heteroatoms. The number of rotatable bonds is 24. The Balaban J connectivity index is 2.54. The molecule has 1 saturated carbocycles. The van der Waals surface area contributed by atoms with Crippen LogP contribution in [0.4, 0.5) is 0 Å². The van der Waals surface area contributed by atoms with Crippen LogP contribution in [0.1, 0.15) is 107 Å². The van der Waals surface area contributed by atoms with Crippen LogP contribution in [-0.4, -0.2) is 92.6 Å². The molecule has 1 aliphatic rings. The molecule has 0 aromatic rings. The molecule has 5 atom stereocenters. The summed E-state index contributed by atoms with van der Waals surface area (Å²) in [6.45, 7) is 17.9. The zero-order chi connectivity index (χ0) is 33.0. The highest BCUT2D eigenvalue weighted by Crippen LogP contribution is 2.40. The molecule has 1 aliphatic carbocycles. The lowest BCUT2D eigenvalue weighted by Crippen LogP contribution is -2.46. The first-order chi connectivity index (χ1) is 19.9. The van der Waals surface area contributed by atoms with Gasteiger partial charge in [0, 0.05) is 51.9 Å².